The SMILES string of the molecule is NCCCCn1nnnc1CSc1ccccc1. The standard InChI is InChI=1S/C12H17N5S/c13-8-4-5-9-17-12(14-15-16-17)10-18-11-6-2-1-3-7-11/h1-3,6-7H,4-5,8-10,13H2. The van der Waals surface area contributed by atoms with E-state index in [4.69, 9.17) is 5.73 Å². The number of aryl methyl sites for hydroxylation is 1. The molecular formula is C12H17N5S. The molecule has 0 spiro atoms. The largest absolute Gasteiger partial charge is 0.330 e. The topological polar surface area (TPSA) is 69.6 Å². The van der Waals surface area contributed by atoms with Gasteiger partial charge in [0.1, 0.15) is 0 Å². The Kier molecular flexibility index (Phi) is 5.16. The van der Waals surface area contributed by atoms with Crippen molar-refractivity contribution in [3.05, 3.63) is 36.2 Å². The van der Waals surface area contributed by atoms with Gasteiger partial charge in [0.15, 0.2) is 5.82 Å². The van der Waals surface area contributed by atoms with Gasteiger partial charge in [-0.25, -0.2) is 4.68 Å². The predicted molar refractivity (Wildman–Crippen MR) is 72.1 cm³/mol. The second-order valence-corrected chi connectivity index (χ2v) is 4.96. The van der Waals surface area contributed by atoms with Crippen molar-refractivity contribution in [2.75, 3.05) is 6.54 Å². The Hall–Kier alpha value is -1.40. The van der Waals surface area contributed by atoms with Gasteiger partial charge in [0.2, 0.25) is 0 Å². The maximum absolute atomic E-state index is 5.48. The summed E-state index contributed by atoms with van der Waals surface area (Å²) in [6.07, 6.45) is 2.02. The molecule has 18 heavy (non-hydrogen) atoms. The van der Waals surface area contributed by atoms with Gasteiger partial charge in [-0.05, 0) is 41.9 Å². The van der Waals surface area contributed by atoms with Crippen LogP contribution < -0.4 is 5.73 Å². The van der Waals surface area contributed by atoms with Gasteiger partial charge in [-0.15, -0.1) is 16.9 Å². The fraction of sp³-hybridized carbons (Fsp3) is 0.417. The highest BCUT2D eigenvalue weighted by atomic mass is 32.2. The van der Waals surface area contributed by atoms with Crippen molar-refractivity contribution in [3.63, 3.8) is 0 Å². The zero-order valence-electron chi connectivity index (χ0n) is 10.2. The van der Waals surface area contributed by atoms with Gasteiger partial charge in [-0.3, -0.25) is 0 Å². The minimum absolute atomic E-state index is 0.718. The summed E-state index contributed by atoms with van der Waals surface area (Å²) in [6.45, 7) is 1.56. The number of nitrogens with zero attached hydrogens (tertiary/aromatic N) is 4. The first-order valence-electron chi connectivity index (χ1n) is 6.03. The average molecular weight is 263 g/mol. The molecule has 2 aromatic rings. The summed E-state index contributed by atoms with van der Waals surface area (Å²) >= 11 is 1.74. The summed E-state index contributed by atoms with van der Waals surface area (Å²) in [5.74, 6) is 1.71. The second-order valence-electron chi connectivity index (χ2n) is 3.92. The van der Waals surface area contributed by atoms with Gasteiger partial charge in [0.05, 0.1) is 5.75 Å². The maximum Gasteiger partial charge on any atom is 0.161 e. The number of nitrogens with two attached hydrogens (primary N) is 1. The van der Waals surface area contributed by atoms with Crippen LogP contribution in [0.2, 0.25) is 0 Å². The number of thioether (sulfide) groups is 1. The Bertz CT molecular complexity index is 457. The molecule has 2 rings (SSSR count). The molecule has 5 nitrogen and oxygen atoms in total. The minimum Gasteiger partial charge on any atom is -0.330 e. The van der Waals surface area contributed by atoms with Crippen molar-refractivity contribution in [3.8, 4) is 0 Å². The summed E-state index contributed by atoms with van der Waals surface area (Å²) in [5, 5.41) is 11.8. The fourth-order valence-electron chi connectivity index (χ4n) is 1.57. The molecule has 2 N–H and O–H groups in total. The first-order valence-corrected chi connectivity index (χ1v) is 7.01. The van der Waals surface area contributed by atoms with Crippen LogP contribution in [-0.2, 0) is 12.3 Å². The normalized spacial score (nSPS) is 10.7. The third-order valence-electron chi connectivity index (χ3n) is 2.54. The Morgan fingerprint density at radius 3 is 2.78 bits per heavy atom. The molecule has 1 aromatic heterocycles. The van der Waals surface area contributed by atoms with E-state index < -0.39 is 0 Å². The van der Waals surface area contributed by atoms with Crippen LogP contribution in [-0.4, -0.2) is 26.8 Å². The molecule has 0 aliphatic rings. The Labute approximate surface area is 111 Å². The number of hydrogen-bond donors (Lipinski definition) is 1. The lowest BCUT2D eigenvalue weighted by Gasteiger charge is -2.04. The second kappa shape index (κ2) is 7.13. The monoisotopic (exact) mass is 263 g/mol. The van der Waals surface area contributed by atoms with Crippen molar-refractivity contribution in [2.24, 2.45) is 5.73 Å². The first-order chi connectivity index (χ1) is 8.90. The highest BCUT2D eigenvalue weighted by molar-refractivity contribution is 7.98. The summed E-state index contributed by atoms with van der Waals surface area (Å²) in [5.41, 5.74) is 5.48. The van der Waals surface area contributed by atoms with Gasteiger partial charge in [-0.2, -0.15) is 0 Å². The quantitative estimate of drug-likeness (QED) is 0.608. The van der Waals surface area contributed by atoms with E-state index in [0.29, 0.717) is 0 Å². The molecule has 0 aliphatic heterocycles. The van der Waals surface area contributed by atoms with E-state index in [2.05, 4.69) is 27.7 Å². The molecule has 0 radical (unpaired) electrons. The summed E-state index contributed by atoms with van der Waals surface area (Å²) in [7, 11) is 0. The zero-order chi connectivity index (χ0) is 12.6. The van der Waals surface area contributed by atoms with Crippen LogP contribution in [0.3, 0.4) is 0 Å². The van der Waals surface area contributed by atoms with E-state index in [1.807, 2.05) is 22.9 Å². The molecule has 0 fully saturated rings. The maximum atomic E-state index is 5.48. The zero-order valence-corrected chi connectivity index (χ0v) is 11.0. The van der Waals surface area contributed by atoms with Crippen LogP contribution in [0.4, 0.5) is 0 Å². The molecule has 0 bridgehead atoms. The van der Waals surface area contributed by atoms with Gasteiger partial charge in [0, 0.05) is 11.4 Å². The molecule has 1 aromatic carbocycles. The number of benzene rings is 1. The highest BCUT2D eigenvalue weighted by Crippen LogP contribution is 2.20. The summed E-state index contributed by atoms with van der Waals surface area (Å²) in [6, 6.07) is 10.3. The minimum atomic E-state index is 0.718. The van der Waals surface area contributed by atoms with Crippen molar-refractivity contribution >= 4 is 11.8 Å². The van der Waals surface area contributed by atoms with E-state index in [0.717, 1.165) is 37.5 Å². The molecule has 0 aliphatic carbocycles. The van der Waals surface area contributed by atoms with Crippen LogP contribution in [0, 0.1) is 0 Å². The number of aromatic nitrogens is 4. The lowest BCUT2D eigenvalue weighted by molar-refractivity contribution is 0.532. The van der Waals surface area contributed by atoms with Crippen LogP contribution in [0.5, 0.6) is 0 Å². The van der Waals surface area contributed by atoms with E-state index in [9.17, 15) is 0 Å². The summed E-state index contributed by atoms with van der Waals surface area (Å²) < 4.78 is 1.87. The molecular weight excluding hydrogens is 246 g/mol. The molecule has 1 heterocycles. The third-order valence-corrected chi connectivity index (χ3v) is 3.55. The van der Waals surface area contributed by atoms with Crippen LogP contribution in [0.25, 0.3) is 0 Å². The smallest absolute Gasteiger partial charge is 0.161 e. The molecule has 0 unspecified atom stereocenters. The Morgan fingerprint density at radius 1 is 1.17 bits per heavy atom. The Morgan fingerprint density at radius 2 is 2.00 bits per heavy atom. The highest BCUT2D eigenvalue weighted by Gasteiger charge is 2.06. The number of unbranched alkanes of at least 4 members (excludes halogenated alkanes) is 1. The Balaban J connectivity index is 1.87. The van der Waals surface area contributed by atoms with E-state index in [-0.39, 0.29) is 0 Å². The van der Waals surface area contributed by atoms with Crippen LogP contribution in [0.1, 0.15) is 18.7 Å². The number of rotatable bonds is 7. The van der Waals surface area contributed by atoms with E-state index in [1.54, 1.807) is 11.8 Å². The molecule has 0 saturated heterocycles. The van der Waals surface area contributed by atoms with E-state index >= 15 is 0 Å². The molecule has 0 amide bonds. The van der Waals surface area contributed by atoms with Gasteiger partial charge in [-0.1, -0.05) is 18.2 Å². The van der Waals surface area contributed by atoms with Crippen molar-refractivity contribution < 1.29 is 0 Å². The van der Waals surface area contributed by atoms with Gasteiger partial charge < -0.3 is 5.73 Å². The van der Waals surface area contributed by atoms with Crippen molar-refractivity contribution in [1.82, 2.24) is 20.2 Å². The first kappa shape index (κ1) is 13.0. The molecule has 0 saturated carbocycles. The van der Waals surface area contributed by atoms with E-state index in [1.165, 1.54) is 4.90 Å². The lowest BCUT2D eigenvalue weighted by atomic mass is 10.3. The van der Waals surface area contributed by atoms with Crippen molar-refractivity contribution in [1.29, 1.82) is 0 Å². The van der Waals surface area contributed by atoms with Crippen molar-refractivity contribution in [2.45, 2.75) is 30.0 Å². The predicted octanol–water partition coefficient (Wildman–Crippen LogP) is 1.70. The lowest BCUT2D eigenvalue weighted by Crippen LogP contribution is -2.07. The van der Waals surface area contributed by atoms with Gasteiger partial charge >= 0.3 is 0 Å². The third kappa shape index (κ3) is 3.82. The molecule has 96 valence electrons. The molecule has 0 atom stereocenters. The summed E-state index contributed by atoms with van der Waals surface area (Å²) in [4.78, 5) is 1.23. The molecule has 6 heteroatoms. The average Bonchev–Trinajstić information content (AvgIpc) is 2.86. The van der Waals surface area contributed by atoms with Crippen LogP contribution in [0.15, 0.2) is 35.2 Å². The number of hydrogen-bond acceptors (Lipinski definition) is 5. The van der Waals surface area contributed by atoms with Gasteiger partial charge in [0.25, 0.3) is 0 Å². The number of tetrazole rings is 1. The van der Waals surface area contributed by atoms with Crippen LogP contribution >= 0.6 is 11.8 Å². The fourth-order valence-corrected chi connectivity index (χ4v) is 2.42.